The van der Waals surface area contributed by atoms with E-state index in [4.69, 9.17) is 9.84 Å². The number of carbonyl (C=O) groups is 1. The van der Waals surface area contributed by atoms with Crippen LogP contribution in [-0.4, -0.2) is 22.7 Å². The first-order chi connectivity index (χ1) is 9.15. The number of aromatic amines is 1. The fourth-order valence-electron chi connectivity index (χ4n) is 2.65. The third-order valence-corrected chi connectivity index (χ3v) is 3.77. The number of ether oxygens (including phenoxy) is 1. The van der Waals surface area contributed by atoms with Gasteiger partial charge in [0.05, 0.1) is 19.1 Å². The van der Waals surface area contributed by atoms with Gasteiger partial charge in [-0.05, 0) is 24.1 Å². The molecule has 2 heterocycles. The molecule has 3 rings (SSSR count). The second-order valence-electron chi connectivity index (χ2n) is 5.21. The van der Waals surface area contributed by atoms with Gasteiger partial charge in [0.1, 0.15) is 0 Å². The molecule has 0 fully saturated rings. The summed E-state index contributed by atoms with van der Waals surface area (Å²) in [6.45, 7) is 3.15. The smallest absolute Gasteiger partial charge is 0.306 e. The van der Waals surface area contributed by atoms with Crippen molar-refractivity contribution in [3.63, 3.8) is 0 Å². The molecule has 1 atom stereocenters. The van der Waals surface area contributed by atoms with Crippen molar-refractivity contribution in [3.05, 3.63) is 35.0 Å². The number of aromatic nitrogens is 1. The van der Waals surface area contributed by atoms with Crippen molar-refractivity contribution in [2.24, 2.45) is 5.92 Å². The lowest BCUT2D eigenvalue weighted by molar-refractivity contribution is -0.141. The lowest BCUT2D eigenvalue weighted by Gasteiger charge is -2.12. The second kappa shape index (κ2) is 4.70. The predicted octanol–water partition coefficient (Wildman–Crippen LogP) is 2.50. The van der Waals surface area contributed by atoms with Gasteiger partial charge in [-0.25, -0.2) is 0 Å². The largest absolute Gasteiger partial charge is 0.481 e. The lowest BCUT2D eigenvalue weighted by Crippen LogP contribution is -2.12. The number of aliphatic carboxylic acids is 1. The molecule has 1 aliphatic heterocycles. The Balaban J connectivity index is 1.98. The molecular weight excluding hydrogens is 242 g/mol. The van der Waals surface area contributed by atoms with Gasteiger partial charge < -0.3 is 14.8 Å². The first-order valence-electron chi connectivity index (χ1n) is 6.58. The molecule has 0 saturated carbocycles. The normalized spacial score (nSPS) is 16.3. The first-order valence-corrected chi connectivity index (χ1v) is 6.58. The van der Waals surface area contributed by atoms with Crippen LogP contribution in [0.25, 0.3) is 10.9 Å². The van der Waals surface area contributed by atoms with E-state index < -0.39 is 5.97 Å². The van der Waals surface area contributed by atoms with Crippen LogP contribution in [0.5, 0.6) is 0 Å². The summed E-state index contributed by atoms with van der Waals surface area (Å²) in [5.41, 5.74) is 4.66. The third-order valence-electron chi connectivity index (χ3n) is 3.77. The van der Waals surface area contributed by atoms with E-state index in [1.165, 1.54) is 16.6 Å². The van der Waals surface area contributed by atoms with Crippen LogP contribution in [0.2, 0.25) is 0 Å². The number of carboxylic acids is 1. The van der Waals surface area contributed by atoms with Gasteiger partial charge in [-0.2, -0.15) is 0 Å². The minimum absolute atomic E-state index is 0.358. The molecule has 1 aromatic heterocycles. The van der Waals surface area contributed by atoms with Crippen molar-refractivity contribution in [3.8, 4) is 0 Å². The standard InChI is InChI=1S/C15H17NO3/c1-9(15(17)18)6-10-2-3-13-11(7-10)12-8-19-5-4-14(12)16-13/h2-3,7,9,16H,4-6,8H2,1H3,(H,17,18). The molecule has 2 aromatic rings. The minimum atomic E-state index is -0.750. The fraction of sp³-hybridized carbons (Fsp3) is 0.400. The second-order valence-corrected chi connectivity index (χ2v) is 5.21. The maximum absolute atomic E-state index is 10.9. The summed E-state index contributed by atoms with van der Waals surface area (Å²) in [7, 11) is 0. The van der Waals surface area contributed by atoms with E-state index in [2.05, 4.69) is 11.1 Å². The highest BCUT2D eigenvalue weighted by Crippen LogP contribution is 2.28. The van der Waals surface area contributed by atoms with Crippen LogP contribution in [0.3, 0.4) is 0 Å². The number of hydrogen-bond donors (Lipinski definition) is 2. The monoisotopic (exact) mass is 259 g/mol. The van der Waals surface area contributed by atoms with Crippen LogP contribution in [0, 0.1) is 5.92 Å². The van der Waals surface area contributed by atoms with E-state index in [1.807, 2.05) is 12.1 Å². The fourth-order valence-corrected chi connectivity index (χ4v) is 2.65. The summed E-state index contributed by atoms with van der Waals surface area (Å²) in [6, 6.07) is 6.14. The number of fused-ring (bicyclic) bond motifs is 3. The summed E-state index contributed by atoms with van der Waals surface area (Å²) >= 11 is 0. The molecule has 1 unspecified atom stereocenters. The molecule has 2 N–H and O–H groups in total. The van der Waals surface area contributed by atoms with Gasteiger partial charge in [0, 0.05) is 28.6 Å². The van der Waals surface area contributed by atoms with E-state index in [0.29, 0.717) is 13.0 Å². The third kappa shape index (κ3) is 2.24. The molecular formula is C15H17NO3. The summed E-state index contributed by atoms with van der Waals surface area (Å²) in [6.07, 6.45) is 1.48. The Kier molecular flexibility index (Phi) is 3.03. The van der Waals surface area contributed by atoms with Gasteiger partial charge >= 0.3 is 5.97 Å². The molecule has 0 saturated heterocycles. The molecule has 0 amide bonds. The highest BCUT2D eigenvalue weighted by atomic mass is 16.5. The molecule has 0 spiro atoms. The molecule has 19 heavy (non-hydrogen) atoms. The maximum Gasteiger partial charge on any atom is 0.306 e. The minimum Gasteiger partial charge on any atom is -0.481 e. The summed E-state index contributed by atoms with van der Waals surface area (Å²) in [4.78, 5) is 14.3. The molecule has 0 aliphatic carbocycles. The van der Waals surface area contributed by atoms with Crippen molar-refractivity contribution >= 4 is 16.9 Å². The zero-order valence-corrected chi connectivity index (χ0v) is 10.9. The van der Waals surface area contributed by atoms with E-state index in [0.717, 1.165) is 24.1 Å². The summed E-state index contributed by atoms with van der Waals surface area (Å²) < 4.78 is 5.51. The molecule has 4 heteroatoms. The van der Waals surface area contributed by atoms with Crippen molar-refractivity contribution in [1.82, 2.24) is 4.98 Å². The van der Waals surface area contributed by atoms with Gasteiger partial charge in [0.25, 0.3) is 0 Å². The Hall–Kier alpha value is -1.81. The molecule has 0 radical (unpaired) electrons. The van der Waals surface area contributed by atoms with E-state index in [-0.39, 0.29) is 5.92 Å². The average molecular weight is 259 g/mol. The Morgan fingerprint density at radius 2 is 2.37 bits per heavy atom. The predicted molar refractivity (Wildman–Crippen MR) is 72.2 cm³/mol. The van der Waals surface area contributed by atoms with Crippen molar-refractivity contribution in [2.75, 3.05) is 6.61 Å². The van der Waals surface area contributed by atoms with Gasteiger partial charge in [-0.15, -0.1) is 0 Å². The van der Waals surface area contributed by atoms with Crippen LogP contribution in [0.15, 0.2) is 18.2 Å². The van der Waals surface area contributed by atoms with Crippen LogP contribution in [0.1, 0.15) is 23.7 Å². The Bertz CT molecular complexity index is 630. The highest BCUT2D eigenvalue weighted by molar-refractivity contribution is 5.85. The van der Waals surface area contributed by atoms with Crippen molar-refractivity contribution < 1.29 is 14.6 Å². The number of hydrogen-bond acceptors (Lipinski definition) is 2. The summed E-state index contributed by atoms with van der Waals surface area (Å²) in [5, 5.41) is 10.2. The van der Waals surface area contributed by atoms with Gasteiger partial charge in [0.2, 0.25) is 0 Å². The maximum atomic E-state index is 10.9. The molecule has 4 nitrogen and oxygen atoms in total. The molecule has 1 aromatic carbocycles. The van der Waals surface area contributed by atoms with Gasteiger partial charge in [-0.1, -0.05) is 13.0 Å². The van der Waals surface area contributed by atoms with Crippen molar-refractivity contribution in [1.29, 1.82) is 0 Å². The topological polar surface area (TPSA) is 62.3 Å². The van der Waals surface area contributed by atoms with Crippen LogP contribution in [-0.2, 0) is 29.0 Å². The molecule has 100 valence electrons. The Morgan fingerprint density at radius 1 is 1.53 bits per heavy atom. The average Bonchev–Trinajstić information content (AvgIpc) is 2.76. The van der Waals surface area contributed by atoms with Crippen LogP contribution < -0.4 is 0 Å². The molecule has 1 aliphatic rings. The van der Waals surface area contributed by atoms with E-state index in [9.17, 15) is 4.79 Å². The number of rotatable bonds is 3. The van der Waals surface area contributed by atoms with E-state index >= 15 is 0 Å². The zero-order chi connectivity index (χ0) is 13.4. The SMILES string of the molecule is CC(Cc1ccc2[nH]c3c(c2c1)COCC3)C(=O)O. The first kappa shape index (κ1) is 12.2. The summed E-state index contributed by atoms with van der Waals surface area (Å²) in [5.74, 6) is -1.11. The number of nitrogens with one attached hydrogen (secondary N) is 1. The zero-order valence-electron chi connectivity index (χ0n) is 10.9. The lowest BCUT2D eigenvalue weighted by atomic mass is 9.99. The van der Waals surface area contributed by atoms with Gasteiger partial charge in [0.15, 0.2) is 0 Å². The van der Waals surface area contributed by atoms with Crippen LogP contribution >= 0.6 is 0 Å². The molecule has 0 bridgehead atoms. The van der Waals surface area contributed by atoms with Gasteiger partial charge in [-0.3, -0.25) is 4.79 Å². The van der Waals surface area contributed by atoms with Crippen molar-refractivity contribution in [2.45, 2.75) is 26.4 Å². The Labute approximate surface area is 111 Å². The highest BCUT2D eigenvalue weighted by Gasteiger charge is 2.17. The van der Waals surface area contributed by atoms with E-state index in [1.54, 1.807) is 6.92 Å². The number of benzene rings is 1. The number of H-pyrrole nitrogens is 1. The van der Waals surface area contributed by atoms with Crippen LogP contribution in [0.4, 0.5) is 0 Å². The number of carboxylic acid groups (broad SMARTS) is 1. The quantitative estimate of drug-likeness (QED) is 0.890. The Morgan fingerprint density at radius 3 is 3.16 bits per heavy atom.